The second kappa shape index (κ2) is 6.40. The standard InChI is InChI=1S/C18H14F2N2O2S/c19-18(20)24-12-6-2-1-4-10(12)8-9-14-21-16(23)15-11-5-3-7-13(11)25-17(15)22-14/h1-2,4,6,8-9,18H,3,5,7H2,(H,21,22,23)/b9-8+. The normalized spacial score (nSPS) is 13.9. The van der Waals surface area contributed by atoms with Gasteiger partial charge < -0.3 is 9.72 Å². The van der Waals surface area contributed by atoms with Gasteiger partial charge in [0.05, 0.1) is 5.39 Å². The summed E-state index contributed by atoms with van der Waals surface area (Å²) in [5.74, 6) is 0.469. The number of thiophene rings is 1. The zero-order valence-electron chi connectivity index (χ0n) is 13.1. The number of para-hydroxylation sites is 1. The topological polar surface area (TPSA) is 55.0 Å². The number of H-pyrrole nitrogens is 1. The van der Waals surface area contributed by atoms with Crippen LogP contribution in [0.5, 0.6) is 5.75 Å². The van der Waals surface area contributed by atoms with Crippen LogP contribution in [0.4, 0.5) is 8.78 Å². The lowest BCUT2D eigenvalue weighted by Crippen LogP contribution is -2.09. The molecule has 7 heteroatoms. The van der Waals surface area contributed by atoms with Crippen molar-refractivity contribution in [2.24, 2.45) is 0 Å². The molecule has 0 atom stereocenters. The Kier molecular flexibility index (Phi) is 4.09. The predicted molar refractivity (Wildman–Crippen MR) is 94.3 cm³/mol. The molecule has 3 aromatic rings. The van der Waals surface area contributed by atoms with Crippen LogP contribution in [0, 0.1) is 0 Å². The van der Waals surface area contributed by atoms with Gasteiger partial charge in [0.15, 0.2) is 0 Å². The van der Waals surface area contributed by atoms with Crippen molar-refractivity contribution < 1.29 is 13.5 Å². The highest BCUT2D eigenvalue weighted by atomic mass is 32.1. The number of aryl methyl sites for hydroxylation is 2. The third-order valence-electron chi connectivity index (χ3n) is 4.15. The zero-order valence-corrected chi connectivity index (χ0v) is 13.9. The van der Waals surface area contributed by atoms with E-state index in [1.54, 1.807) is 41.7 Å². The van der Waals surface area contributed by atoms with E-state index in [0.717, 1.165) is 29.7 Å². The van der Waals surface area contributed by atoms with Gasteiger partial charge in [-0.25, -0.2) is 4.98 Å². The predicted octanol–water partition coefficient (Wildman–Crippen LogP) is 4.25. The second-order valence-electron chi connectivity index (χ2n) is 5.74. The molecule has 2 heterocycles. The highest BCUT2D eigenvalue weighted by Crippen LogP contribution is 2.34. The van der Waals surface area contributed by atoms with E-state index in [1.165, 1.54) is 10.9 Å². The Morgan fingerprint density at radius 3 is 2.92 bits per heavy atom. The Morgan fingerprint density at radius 1 is 1.24 bits per heavy atom. The average molecular weight is 360 g/mol. The maximum atomic E-state index is 12.5. The van der Waals surface area contributed by atoms with Gasteiger partial charge >= 0.3 is 6.61 Å². The van der Waals surface area contributed by atoms with Crippen molar-refractivity contribution >= 4 is 33.7 Å². The molecule has 4 rings (SSSR count). The molecular formula is C18H14F2N2O2S. The maximum absolute atomic E-state index is 12.5. The lowest BCUT2D eigenvalue weighted by molar-refractivity contribution is -0.0499. The van der Waals surface area contributed by atoms with Crippen LogP contribution < -0.4 is 10.3 Å². The van der Waals surface area contributed by atoms with Gasteiger partial charge in [-0.15, -0.1) is 11.3 Å². The van der Waals surface area contributed by atoms with Gasteiger partial charge in [0.25, 0.3) is 5.56 Å². The Bertz CT molecular complexity index is 1020. The van der Waals surface area contributed by atoms with Gasteiger partial charge in [-0.1, -0.05) is 18.2 Å². The summed E-state index contributed by atoms with van der Waals surface area (Å²) in [7, 11) is 0. The summed E-state index contributed by atoms with van der Waals surface area (Å²) >= 11 is 1.56. The average Bonchev–Trinajstić information content (AvgIpc) is 3.14. The van der Waals surface area contributed by atoms with Crippen LogP contribution in [0.25, 0.3) is 22.4 Å². The molecule has 4 nitrogen and oxygen atoms in total. The second-order valence-corrected chi connectivity index (χ2v) is 6.82. The molecule has 0 saturated heterocycles. The fourth-order valence-electron chi connectivity index (χ4n) is 3.09. The van der Waals surface area contributed by atoms with Gasteiger partial charge in [0.2, 0.25) is 0 Å². The number of hydrogen-bond acceptors (Lipinski definition) is 4. The number of benzene rings is 1. The van der Waals surface area contributed by atoms with E-state index in [9.17, 15) is 13.6 Å². The SMILES string of the molecule is O=c1[nH]c(/C=C/c2ccccc2OC(F)F)nc2sc3c(c12)CCC3. The third-order valence-corrected chi connectivity index (χ3v) is 5.33. The van der Waals surface area contributed by atoms with E-state index < -0.39 is 6.61 Å². The number of ether oxygens (including phenoxy) is 1. The molecule has 0 radical (unpaired) electrons. The molecular weight excluding hydrogens is 346 g/mol. The van der Waals surface area contributed by atoms with Crippen molar-refractivity contribution in [3.05, 3.63) is 56.4 Å². The number of nitrogens with one attached hydrogen (secondary N) is 1. The smallest absolute Gasteiger partial charge is 0.387 e. The van der Waals surface area contributed by atoms with E-state index in [1.807, 2.05) is 0 Å². The van der Waals surface area contributed by atoms with Crippen LogP contribution in [-0.2, 0) is 12.8 Å². The van der Waals surface area contributed by atoms with Crippen molar-refractivity contribution in [3.8, 4) is 5.75 Å². The van der Waals surface area contributed by atoms with Crippen LogP contribution in [0.1, 0.15) is 28.2 Å². The Morgan fingerprint density at radius 2 is 2.08 bits per heavy atom. The number of aromatic nitrogens is 2. The largest absolute Gasteiger partial charge is 0.434 e. The minimum absolute atomic E-state index is 0.0762. The fraction of sp³-hybridized carbons (Fsp3) is 0.222. The molecule has 1 aromatic carbocycles. The van der Waals surface area contributed by atoms with Crippen LogP contribution >= 0.6 is 11.3 Å². The van der Waals surface area contributed by atoms with Crippen molar-refractivity contribution in [1.82, 2.24) is 9.97 Å². The monoisotopic (exact) mass is 360 g/mol. The molecule has 0 amide bonds. The van der Waals surface area contributed by atoms with Gasteiger partial charge in [-0.2, -0.15) is 8.78 Å². The van der Waals surface area contributed by atoms with Gasteiger partial charge in [0, 0.05) is 10.4 Å². The number of alkyl halides is 2. The first-order valence-corrected chi connectivity index (χ1v) is 8.70. The molecule has 128 valence electrons. The van der Waals surface area contributed by atoms with Gasteiger partial charge in [0.1, 0.15) is 16.4 Å². The Hall–Kier alpha value is -2.54. The third kappa shape index (κ3) is 3.07. The van der Waals surface area contributed by atoms with E-state index in [0.29, 0.717) is 16.8 Å². The van der Waals surface area contributed by atoms with E-state index in [-0.39, 0.29) is 11.3 Å². The summed E-state index contributed by atoms with van der Waals surface area (Å²) in [5, 5.41) is 0.691. The van der Waals surface area contributed by atoms with Gasteiger partial charge in [-0.3, -0.25) is 4.79 Å². The first kappa shape index (κ1) is 16.0. The first-order valence-electron chi connectivity index (χ1n) is 7.88. The number of rotatable bonds is 4. The molecule has 0 unspecified atom stereocenters. The quantitative estimate of drug-likeness (QED) is 0.757. The van der Waals surface area contributed by atoms with Crippen LogP contribution in [0.15, 0.2) is 29.1 Å². The van der Waals surface area contributed by atoms with Crippen LogP contribution in [0.2, 0.25) is 0 Å². The van der Waals surface area contributed by atoms with Crippen molar-refractivity contribution in [1.29, 1.82) is 0 Å². The van der Waals surface area contributed by atoms with Crippen molar-refractivity contribution in [2.75, 3.05) is 0 Å². The lowest BCUT2D eigenvalue weighted by atomic mass is 10.2. The van der Waals surface area contributed by atoms with E-state index in [2.05, 4.69) is 14.7 Å². The highest BCUT2D eigenvalue weighted by molar-refractivity contribution is 7.18. The van der Waals surface area contributed by atoms with Crippen LogP contribution in [-0.4, -0.2) is 16.6 Å². The summed E-state index contributed by atoms with van der Waals surface area (Å²) in [6, 6.07) is 6.47. The summed E-state index contributed by atoms with van der Waals surface area (Å²) in [4.78, 5) is 21.6. The minimum Gasteiger partial charge on any atom is -0.434 e. The molecule has 1 aliphatic carbocycles. The zero-order chi connectivity index (χ0) is 17.4. The molecule has 0 aliphatic heterocycles. The summed E-state index contributed by atoms with van der Waals surface area (Å²) in [6.07, 6.45) is 6.20. The summed E-state index contributed by atoms with van der Waals surface area (Å²) in [6.45, 7) is -2.89. The highest BCUT2D eigenvalue weighted by Gasteiger charge is 2.20. The molecule has 1 N–H and O–H groups in total. The van der Waals surface area contributed by atoms with Crippen molar-refractivity contribution in [2.45, 2.75) is 25.9 Å². The number of hydrogen-bond donors (Lipinski definition) is 1. The van der Waals surface area contributed by atoms with Crippen molar-refractivity contribution in [3.63, 3.8) is 0 Å². The molecule has 0 saturated carbocycles. The summed E-state index contributed by atoms with van der Waals surface area (Å²) in [5.41, 5.74) is 1.46. The Balaban J connectivity index is 1.70. The van der Waals surface area contributed by atoms with E-state index in [4.69, 9.17) is 0 Å². The lowest BCUT2D eigenvalue weighted by Gasteiger charge is -2.07. The molecule has 0 fully saturated rings. The van der Waals surface area contributed by atoms with Gasteiger partial charge in [-0.05, 0) is 43.0 Å². The maximum Gasteiger partial charge on any atom is 0.387 e. The van der Waals surface area contributed by atoms with Crippen LogP contribution in [0.3, 0.4) is 0 Å². The number of aromatic amines is 1. The molecule has 0 spiro atoms. The molecule has 0 bridgehead atoms. The molecule has 25 heavy (non-hydrogen) atoms. The fourth-order valence-corrected chi connectivity index (χ4v) is 4.36. The number of nitrogens with zero attached hydrogens (tertiary/aromatic N) is 1. The summed E-state index contributed by atoms with van der Waals surface area (Å²) < 4.78 is 29.4. The number of halogens is 2. The molecule has 1 aliphatic rings. The van der Waals surface area contributed by atoms with E-state index >= 15 is 0 Å². The minimum atomic E-state index is -2.89. The first-order chi connectivity index (χ1) is 12.1. The number of fused-ring (bicyclic) bond motifs is 3. The Labute approximate surface area is 145 Å². The molecule has 2 aromatic heterocycles.